The summed E-state index contributed by atoms with van der Waals surface area (Å²) in [6, 6.07) is 0. The molecule has 0 fully saturated rings. The first kappa shape index (κ1) is 12.7. The van der Waals surface area contributed by atoms with Gasteiger partial charge in [0.1, 0.15) is 22.4 Å². The van der Waals surface area contributed by atoms with E-state index in [0.717, 1.165) is 11.0 Å². The second-order valence-electron chi connectivity index (χ2n) is 3.21. The topological polar surface area (TPSA) is 84.1 Å². The van der Waals surface area contributed by atoms with E-state index in [9.17, 15) is 4.79 Å². The van der Waals surface area contributed by atoms with Crippen molar-refractivity contribution < 1.29 is 4.79 Å². The van der Waals surface area contributed by atoms with Gasteiger partial charge >= 0.3 is 0 Å². The Balaban J connectivity index is 2.95. The predicted molar refractivity (Wildman–Crippen MR) is 66.4 cm³/mol. The fourth-order valence-corrected chi connectivity index (χ4v) is 1.87. The van der Waals surface area contributed by atoms with Crippen LogP contribution in [0.2, 0.25) is 0 Å². The number of aromatic nitrogens is 2. The highest BCUT2D eigenvalue weighted by Gasteiger charge is 2.13. The third kappa shape index (κ3) is 3.06. The first-order valence-electron chi connectivity index (χ1n) is 4.80. The molecule has 0 saturated carbocycles. The summed E-state index contributed by atoms with van der Waals surface area (Å²) in [5, 5.41) is 3.08. The maximum absolute atomic E-state index is 10.8. The van der Waals surface area contributed by atoms with Gasteiger partial charge in [0.15, 0.2) is 0 Å². The molecule has 3 N–H and O–H groups in total. The molecule has 1 amide bonds. The van der Waals surface area contributed by atoms with Crippen LogP contribution in [0.3, 0.4) is 0 Å². The van der Waals surface area contributed by atoms with Crippen molar-refractivity contribution in [2.45, 2.75) is 6.92 Å². The lowest BCUT2D eigenvalue weighted by Gasteiger charge is -2.18. The zero-order valence-electron chi connectivity index (χ0n) is 9.20. The Morgan fingerprint density at radius 3 is 2.88 bits per heavy atom. The van der Waals surface area contributed by atoms with Gasteiger partial charge in [-0.25, -0.2) is 9.97 Å². The van der Waals surface area contributed by atoms with E-state index < -0.39 is 5.91 Å². The number of hydrogen-bond acceptors (Lipinski definition) is 5. The first-order valence-corrected chi connectivity index (χ1v) is 5.59. The van der Waals surface area contributed by atoms with Crippen LogP contribution >= 0.6 is 15.9 Å². The Bertz CT molecular complexity index is 384. The van der Waals surface area contributed by atoms with E-state index in [2.05, 4.69) is 31.2 Å². The number of anilines is 2. The number of carbonyl (C=O) groups is 1. The normalized spacial score (nSPS) is 9.94. The Morgan fingerprint density at radius 1 is 1.62 bits per heavy atom. The van der Waals surface area contributed by atoms with Gasteiger partial charge in [0.25, 0.3) is 0 Å². The molecule has 0 aromatic carbocycles. The fourth-order valence-electron chi connectivity index (χ4n) is 1.23. The van der Waals surface area contributed by atoms with Gasteiger partial charge in [-0.1, -0.05) is 0 Å². The summed E-state index contributed by atoms with van der Waals surface area (Å²) in [6.45, 7) is 2.84. The van der Waals surface area contributed by atoms with Crippen LogP contribution in [0.4, 0.5) is 11.6 Å². The molecular weight excluding hydrogens is 274 g/mol. The molecule has 1 heterocycles. The highest BCUT2D eigenvalue weighted by molar-refractivity contribution is 9.10. The lowest BCUT2D eigenvalue weighted by atomic mass is 10.4. The van der Waals surface area contributed by atoms with Crippen molar-refractivity contribution in [2.75, 3.05) is 30.4 Å². The predicted octanol–water partition coefficient (Wildman–Crippen LogP) is 0.592. The molecular formula is C9H14BrN5O. The Labute approximate surface area is 102 Å². The van der Waals surface area contributed by atoms with Crippen LogP contribution in [0.15, 0.2) is 10.8 Å². The molecule has 0 saturated heterocycles. The largest absolute Gasteiger partial charge is 0.369 e. The van der Waals surface area contributed by atoms with Crippen LogP contribution in [0.25, 0.3) is 0 Å². The minimum atomic E-state index is -0.405. The second-order valence-corrected chi connectivity index (χ2v) is 4.01. The van der Waals surface area contributed by atoms with Crippen molar-refractivity contribution in [3.8, 4) is 0 Å². The Morgan fingerprint density at radius 2 is 2.31 bits per heavy atom. The third-order valence-corrected chi connectivity index (χ3v) is 2.60. The van der Waals surface area contributed by atoms with Crippen LogP contribution in [0, 0.1) is 0 Å². The number of carbonyl (C=O) groups excluding carboxylic acids is 1. The summed E-state index contributed by atoms with van der Waals surface area (Å²) in [5.74, 6) is 0.923. The van der Waals surface area contributed by atoms with E-state index in [0.29, 0.717) is 11.6 Å². The SMILES string of the molecule is CCNc1ncnc(N(C)CC(N)=O)c1Br. The molecule has 6 nitrogen and oxygen atoms in total. The molecule has 7 heteroatoms. The minimum Gasteiger partial charge on any atom is -0.369 e. The van der Waals surface area contributed by atoms with Crippen LogP contribution < -0.4 is 16.0 Å². The highest BCUT2D eigenvalue weighted by atomic mass is 79.9. The van der Waals surface area contributed by atoms with Crippen molar-refractivity contribution in [3.05, 3.63) is 10.8 Å². The average Bonchev–Trinajstić information content (AvgIpc) is 2.20. The summed E-state index contributed by atoms with van der Waals surface area (Å²) < 4.78 is 0.723. The molecule has 0 spiro atoms. The Kier molecular flexibility index (Phi) is 4.48. The molecule has 0 aliphatic carbocycles. The maximum Gasteiger partial charge on any atom is 0.236 e. The van der Waals surface area contributed by atoms with Crippen molar-refractivity contribution in [3.63, 3.8) is 0 Å². The van der Waals surface area contributed by atoms with Gasteiger partial charge in [-0.2, -0.15) is 0 Å². The van der Waals surface area contributed by atoms with Crippen molar-refractivity contribution in [1.82, 2.24) is 9.97 Å². The third-order valence-electron chi connectivity index (χ3n) is 1.87. The number of nitrogens with zero attached hydrogens (tertiary/aromatic N) is 3. The number of nitrogens with two attached hydrogens (primary N) is 1. The molecule has 0 atom stereocenters. The van der Waals surface area contributed by atoms with Crippen molar-refractivity contribution in [1.29, 1.82) is 0 Å². The van der Waals surface area contributed by atoms with Gasteiger partial charge in [-0.15, -0.1) is 0 Å². The number of likely N-dealkylation sites (N-methyl/N-ethyl adjacent to an activating group) is 1. The lowest BCUT2D eigenvalue weighted by molar-refractivity contribution is -0.116. The monoisotopic (exact) mass is 287 g/mol. The number of nitrogens with one attached hydrogen (secondary N) is 1. The zero-order valence-corrected chi connectivity index (χ0v) is 10.8. The molecule has 0 bridgehead atoms. The molecule has 16 heavy (non-hydrogen) atoms. The highest BCUT2D eigenvalue weighted by Crippen LogP contribution is 2.28. The van der Waals surface area contributed by atoms with Crippen LogP contribution in [0.5, 0.6) is 0 Å². The molecule has 88 valence electrons. The van der Waals surface area contributed by atoms with Gasteiger partial charge in [0.2, 0.25) is 5.91 Å². The Hall–Kier alpha value is -1.37. The molecule has 1 aromatic rings. The summed E-state index contributed by atoms with van der Waals surface area (Å²) in [7, 11) is 1.74. The molecule has 0 aliphatic rings. The zero-order chi connectivity index (χ0) is 12.1. The van der Waals surface area contributed by atoms with Gasteiger partial charge in [-0.3, -0.25) is 4.79 Å². The average molecular weight is 288 g/mol. The fraction of sp³-hybridized carbons (Fsp3) is 0.444. The molecule has 0 radical (unpaired) electrons. The standard InChI is InChI=1S/C9H14BrN5O/c1-3-12-8-7(10)9(14-5-13-8)15(2)4-6(11)16/h5H,3-4H2,1-2H3,(H2,11,16)(H,12,13,14). The van der Waals surface area contributed by atoms with E-state index >= 15 is 0 Å². The quantitative estimate of drug-likeness (QED) is 0.828. The number of rotatable bonds is 5. The van der Waals surface area contributed by atoms with Crippen molar-refractivity contribution in [2.24, 2.45) is 5.73 Å². The van der Waals surface area contributed by atoms with Gasteiger partial charge in [0.05, 0.1) is 6.54 Å². The minimum absolute atomic E-state index is 0.112. The lowest BCUT2D eigenvalue weighted by Crippen LogP contribution is -2.31. The molecule has 0 unspecified atom stereocenters. The molecule has 1 rings (SSSR count). The molecule has 0 aliphatic heterocycles. The maximum atomic E-state index is 10.8. The van der Waals surface area contributed by atoms with E-state index in [1.165, 1.54) is 6.33 Å². The summed E-state index contributed by atoms with van der Waals surface area (Å²) in [6.07, 6.45) is 1.44. The van der Waals surface area contributed by atoms with Crippen molar-refractivity contribution >= 4 is 33.5 Å². The second kappa shape index (κ2) is 5.64. The summed E-state index contributed by atoms with van der Waals surface area (Å²) in [4.78, 5) is 20.6. The smallest absolute Gasteiger partial charge is 0.236 e. The van der Waals surface area contributed by atoms with Crippen LogP contribution in [-0.2, 0) is 4.79 Å². The van der Waals surface area contributed by atoms with Gasteiger partial charge in [0, 0.05) is 13.6 Å². The number of primary amides is 1. The number of hydrogen-bond donors (Lipinski definition) is 2. The number of halogens is 1. The summed E-state index contributed by atoms with van der Waals surface area (Å²) in [5.41, 5.74) is 5.12. The van der Waals surface area contributed by atoms with E-state index in [4.69, 9.17) is 5.73 Å². The van der Waals surface area contributed by atoms with Crippen LogP contribution in [0.1, 0.15) is 6.92 Å². The van der Waals surface area contributed by atoms with E-state index in [1.807, 2.05) is 6.92 Å². The molecule has 1 aromatic heterocycles. The van der Waals surface area contributed by atoms with Crippen LogP contribution in [-0.4, -0.2) is 36.0 Å². The number of amides is 1. The van der Waals surface area contributed by atoms with Gasteiger partial charge < -0.3 is 16.0 Å². The van der Waals surface area contributed by atoms with E-state index in [-0.39, 0.29) is 6.54 Å². The van der Waals surface area contributed by atoms with Gasteiger partial charge in [-0.05, 0) is 22.9 Å². The first-order chi connectivity index (χ1) is 7.56. The van der Waals surface area contributed by atoms with E-state index in [1.54, 1.807) is 11.9 Å². The summed E-state index contributed by atoms with van der Waals surface area (Å²) >= 11 is 3.39.